The molecule has 2 N–H and O–H groups in total. The van der Waals surface area contributed by atoms with Crippen LogP contribution in [0.3, 0.4) is 0 Å². The Kier molecular flexibility index (Phi) is 4.96. The van der Waals surface area contributed by atoms with Crippen molar-refractivity contribution in [3.05, 3.63) is 59.4 Å². The first-order valence-corrected chi connectivity index (χ1v) is 7.81. The molecule has 3 rings (SSSR count). The topological polar surface area (TPSA) is 52.0 Å². The van der Waals surface area contributed by atoms with E-state index < -0.39 is 0 Å². The Bertz CT molecular complexity index is 736. The van der Waals surface area contributed by atoms with Crippen molar-refractivity contribution in [1.82, 2.24) is 5.32 Å². The Hall–Kier alpha value is -2.60. The number of quaternary nitrogens is 1. The second-order valence-electron chi connectivity index (χ2n) is 5.90. The van der Waals surface area contributed by atoms with Crippen LogP contribution in [0.25, 0.3) is 0 Å². The summed E-state index contributed by atoms with van der Waals surface area (Å²) in [5.41, 5.74) is 1.83. The van der Waals surface area contributed by atoms with Gasteiger partial charge in [-0.25, -0.2) is 4.39 Å². The molecule has 0 fully saturated rings. The molecule has 0 radical (unpaired) electrons. The number of rotatable bonds is 6. The summed E-state index contributed by atoms with van der Waals surface area (Å²) in [7, 11) is 1.91. The van der Waals surface area contributed by atoms with E-state index in [4.69, 9.17) is 9.47 Å². The number of carbonyl (C=O) groups excluding carboxylic acids is 1. The Labute approximate surface area is 140 Å². The fourth-order valence-electron chi connectivity index (χ4n) is 2.65. The van der Waals surface area contributed by atoms with E-state index in [1.807, 2.05) is 31.3 Å². The maximum absolute atomic E-state index is 13.2. The Morgan fingerprint density at radius 2 is 2.00 bits per heavy atom. The largest absolute Gasteiger partial charge is 0.454 e. The Morgan fingerprint density at radius 3 is 2.83 bits per heavy atom. The number of ether oxygens (including phenoxy) is 2. The van der Waals surface area contributed by atoms with Gasteiger partial charge in [0.25, 0.3) is 5.91 Å². The number of nitrogens with one attached hydrogen (secondary N) is 2. The third-order valence-corrected chi connectivity index (χ3v) is 3.78. The Balaban J connectivity index is 1.47. The smallest absolute Gasteiger partial charge is 0.275 e. The van der Waals surface area contributed by atoms with Gasteiger partial charge in [-0.15, -0.1) is 0 Å². The molecular formula is C18H20FN2O3+. The summed E-state index contributed by atoms with van der Waals surface area (Å²) in [6.07, 6.45) is 0. The summed E-state index contributed by atoms with van der Waals surface area (Å²) in [4.78, 5) is 13.0. The highest BCUT2D eigenvalue weighted by Crippen LogP contribution is 2.32. The van der Waals surface area contributed by atoms with E-state index in [9.17, 15) is 9.18 Å². The normalized spacial score (nSPS) is 13.6. The first-order valence-electron chi connectivity index (χ1n) is 7.81. The van der Waals surface area contributed by atoms with Crippen LogP contribution in [0.15, 0.2) is 42.5 Å². The predicted molar refractivity (Wildman–Crippen MR) is 86.3 cm³/mol. The predicted octanol–water partition coefficient (Wildman–Crippen LogP) is 0.885. The summed E-state index contributed by atoms with van der Waals surface area (Å²) in [5.74, 6) is 1.12. The molecule has 1 amide bonds. The van der Waals surface area contributed by atoms with Crippen LogP contribution in [0.4, 0.5) is 4.39 Å². The zero-order valence-electron chi connectivity index (χ0n) is 13.5. The third-order valence-electron chi connectivity index (χ3n) is 3.78. The average molecular weight is 331 g/mol. The molecule has 5 nitrogen and oxygen atoms in total. The van der Waals surface area contributed by atoms with Gasteiger partial charge in [0.15, 0.2) is 18.0 Å². The molecule has 6 heteroatoms. The minimum absolute atomic E-state index is 0.0541. The molecule has 1 atom stereocenters. The molecule has 0 aromatic heterocycles. The van der Waals surface area contributed by atoms with E-state index in [2.05, 4.69) is 5.32 Å². The minimum Gasteiger partial charge on any atom is -0.454 e. The minimum atomic E-state index is -0.257. The van der Waals surface area contributed by atoms with Crippen molar-refractivity contribution in [1.29, 1.82) is 0 Å². The number of carbonyl (C=O) groups is 1. The maximum Gasteiger partial charge on any atom is 0.275 e. The quantitative estimate of drug-likeness (QED) is 0.826. The van der Waals surface area contributed by atoms with Crippen LogP contribution in [0.1, 0.15) is 11.1 Å². The number of likely N-dealkylation sites (N-methyl/N-ethyl adjacent to an activating group) is 1. The van der Waals surface area contributed by atoms with Gasteiger partial charge in [-0.05, 0) is 29.8 Å². The average Bonchev–Trinajstić information content (AvgIpc) is 3.00. The number of hydrogen-bond donors (Lipinski definition) is 2. The molecule has 0 saturated carbocycles. The fourth-order valence-corrected chi connectivity index (χ4v) is 2.65. The lowest BCUT2D eigenvalue weighted by molar-refractivity contribution is -0.885. The third kappa shape index (κ3) is 4.23. The molecule has 1 unspecified atom stereocenters. The van der Waals surface area contributed by atoms with Crippen LogP contribution in [0.5, 0.6) is 11.5 Å². The van der Waals surface area contributed by atoms with Gasteiger partial charge in [-0.2, -0.15) is 0 Å². The summed E-state index contributed by atoms with van der Waals surface area (Å²) in [6, 6.07) is 12.0. The van der Waals surface area contributed by atoms with Crippen LogP contribution in [0, 0.1) is 5.82 Å². The molecule has 0 saturated heterocycles. The van der Waals surface area contributed by atoms with Gasteiger partial charge in [0, 0.05) is 12.1 Å². The zero-order chi connectivity index (χ0) is 16.9. The van der Waals surface area contributed by atoms with Crippen LogP contribution >= 0.6 is 0 Å². The van der Waals surface area contributed by atoms with Crippen LogP contribution in [-0.2, 0) is 17.9 Å². The van der Waals surface area contributed by atoms with Crippen molar-refractivity contribution in [2.45, 2.75) is 13.1 Å². The van der Waals surface area contributed by atoms with Crippen molar-refractivity contribution in [2.75, 3.05) is 20.4 Å². The van der Waals surface area contributed by atoms with E-state index in [1.165, 1.54) is 12.1 Å². The second kappa shape index (κ2) is 7.31. The highest BCUT2D eigenvalue weighted by Gasteiger charge is 2.14. The highest BCUT2D eigenvalue weighted by molar-refractivity contribution is 5.76. The molecule has 1 aliphatic heterocycles. The molecule has 1 heterocycles. The number of halogens is 1. The zero-order valence-corrected chi connectivity index (χ0v) is 13.5. The molecule has 126 valence electrons. The molecule has 2 aromatic carbocycles. The lowest BCUT2D eigenvalue weighted by Gasteiger charge is -2.14. The first-order chi connectivity index (χ1) is 11.6. The monoisotopic (exact) mass is 331 g/mol. The first kappa shape index (κ1) is 16.3. The Morgan fingerprint density at radius 1 is 1.17 bits per heavy atom. The second-order valence-corrected chi connectivity index (χ2v) is 5.90. The number of fused-ring (bicyclic) bond motifs is 1. The standard InChI is InChI=1S/C18H19FN2O3/c1-21(10-14-3-2-4-15(19)7-14)11-18(22)20-9-13-5-6-16-17(8-13)24-12-23-16/h2-8H,9-12H2,1H3,(H,20,22)/p+1. The van der Waals surface area contributed by atoms with Gasteiger partial charge in [0.05, 0.1) is 7.05 Å². The summed E-state index contributed by atoms with van der Waals surface area (Å²) in [6.45, 7) is 1.58. The molecule has 1 aliphatic rings. The SMILES string of the molecule is C[NH+](CC(=O)NCc1ccc2c(c1)OCO2)Cc1cccc(F)c1. The van der Waals surface area contributed by atoms with Crippen molar-refractivity contribution < 1.29 is 23.6 Å². The van der Waals surface area contributed by atoms with Gasteiger partial charge in [0.2, 0.25) is 6.79 Å². The van der Waals surface area contributed by atoms with Crippen LogP contribution in [-0.4, -0.2) is 26.3 Å². The molecule has 0 aliphatic carbocycles. The summed E-state index contributed by atoms with van der Waals surface area (Å²) < 4.78 is 23.7. The van der Waals surface area contributed by atoms with E-state index in [1.54, 1.807) is 6.07 Å². The number of amides is 1. The highest BCUT2D eigenvalue weighted by atomic mass is 19.1. The molecule has 2 aromatic rings. The number of benzene rings is 2. The maximum atomic E-state index is 13.2. The van der Waals surface area contributed by atoms with E-state index in [-0.39, 0.29) is 18.5 Å². The van der Waals surface area contributed by atoms with Gasteiger partial charge in [0.1, 0.15) is 12.4 Å². The van der Waals surface area contributed by atoms with Gasteiger partial charge in [-0.1, -0.05) is 18.2 Å². The molecular weight excluding hydrogens is 311 g/mol. The summed E-state index contributed by atoms with van der Waals surface area (Å²) in [5, 5.41) is 2.89. The molecule has 24 heavy (non-hydrogen) atoms. The fraction of sp³-hybridized carbons (Fsp3) is 0.278. The molecule has 0 spiro atoms. The summed E-state index contributed by atoms with van der Waals surface area (Å²) >= 11 is 0. The lowest BCUT2D eigenvalue weighted by atomic mass is 10.2. The van der Waals surface area contributed by atoms with Crippen molar-refractivity contribution >= 4 is 5.91 Å². The van der Waals surface area contributed by atoms with Crippen molar-refractivity contribution in [2.24, 2.45) is 0 Å². The van der Waals surface area contributed by atoms with Crippen LogP contribution in [0.2, 0.25) is 0 Å². The van der Waals surface area contributed by atoms with Gasteiger partial charge in [-0.3, -0.25) is 4.79 Å². The molecule has 0 bridgehead atoms. The van der Waals surface area contributed by atoms with Gasteiger partial charge < -0.3 is 19.7 Å². The van der Waals surface area contributed by atoms with Crippen LogP contribution < -0.4 is 19.7 Å². The van der Waals surface area contributed by atoms with Crippen molar-refractivity contribution in [3.63, 3.8) is 0 Å². The number of hydrogen-bond acceptors (Lipinski definition) is 3. The van der Waals surface area contributed by atoms with E-state index in [0.717, 1.165) is 21.8 Å². The van der Waals surface area contributed by atoms with Gasteiger partial charge >= 0.3 is 0 Å². The van der Waals surface area contributed by atoms with Crippen molar-refractivity contribution in [3.8, 4) is 11.5 Å². The lowest BCUT2D eigenvalue weighted by Crippen LogP contribution is -3.08. The van der Waals surface area contributed by atoms with E-state index >= 15 is 0 Å². The van der Waals surface area contributed by atoms with E-state index in [0.29, 0.717) is 25.4 Å².